The van der Waals surface area contributed by atoms with Crippen LogP contribution in [0.3, 0.4) is 0 Å². The van der Waals surface area contributed by atoms with E-state index in [1.54, 1.807) is 11.3 Å². The second-order valence-electron chi connectivity index (χ2n) is 6.32. The Hall–Kier alpha value is -0.580. The molecule has 0 unspecified atom stereocenters. The molecule has 1 aromatic heterocycles. The zero-order valence-corrected chi connectivity index (χ0v) is 18.4. The van der Waals surface area contributed by atoms with Crippen molar-refractivity contribution in [2.75, 3.05) is 13.1 Å². The highest BCUT2D eigenvalue weighted by Gasteiger charge is 2.41. The Morgan fingerprint density at radius 1 is 1.27 bits per heavy atom. The highest BCUT2D eigenvalue weighted by Crippen LogP contribution is 2.37. The maximum atomic E-state index is 12.7. The highest BCUT2D eigenvalue weighted by molar-refractivity contribution is 14.0. The minimum atomic E-state index is -4.06. The van der Waals surface area contributed by atoms with E-state index in [-0.39, 0.29) is 42.9 Å². The Bertz CT molecular complexity index is 554. The summed E-state index contributed by atoms with van der Waals surface area (Å²) >= 11 is 1.71. The van der Waals surface area contributed by atoms with Gasteiger partial charge in [0.1, 0.15) is 0 Å². The molecular formula is C17H28F3IN4S. The fourth-order valence-corrected chi connectivity index (χ4v) is 3.82. The molecule has 0 amide bonds. The molecule has 0 radical (unpaired) electrons. The standard InChI is InChI=1S/C17H27F3N4S.HI/c1-3-14-11-23-15(25-14)9-10-22-16(21-4-2)24-13-7-5-12(6-8-13)17(18,19)20;/h11-13H,3-10H2,1-2H3,(H2,21,22,24);1H. The smallest absolute Gasteiger partial charge is 0.357 e. The van der Waals surface area contributed by atoms with Gasteiger partial charge >= 0.3 is 6.18 Å². The van der Waals surface area contributed by atoms with Gasteiger partial charge in [0.2, 0.25) is 0 Å². The summed E-state index contributed by atoms with van der Waals surface area (Å²) in [5, 5.41) is 7.53. The SMILES string of the molecule is CCNC(=NCCc1ncc(CC)s1)NC1CCC(C(F)(F)F)CC1.I. The maximum absolute atomic E-state index is 12.7. The van der Waals surface area contributed by atoms with Crippen LogP contribution in [0.15, 0.2) is 11.2 Å². The van der Waals surface area contributed by atoms with Crippen molar-refractivity contribution in [2.24, 2.45) is 10.9 Å². The van der Waals surface area contributed by atoms with E-state index in [9.17, 15) is 13.2 Å². The van der Waals surface area contributed by atoms with Crippen molar-refractivity contribution in [3.8, 4) is 0 Å². The number of thiazole rings is 1. The molecule has 9 heteroatoms. The molecule has 4 nitrogen and oxygen atoms in total. The van der Waals surface area contributed by atoms with Crippen LogP contribution in [0.5, 0.6) is 0 Å². The molecule has 0 atom stereocenters. The van der Waals surface area contributed by atoms with Crippen molar-refractivity contribution in [2.45, 2.75) is 64.6 Å². The molecule has 0 bridgehead atoms. The summed E-state index contributed by atoms with van der Waals surface area (Å²) < 4.78 is 38.2. The van der Waals surface area contributed by atoms with E-state index in [0.29, 0.717) is 25.3 Å². The number of hydrogen-bond acceptors (Lipinski definition) is 3. The molecular weight excluding hydrogens is 476 g/mol. The highest BCUT2D eigenvalue weighted by atomic mass is 127. The Labute approximate surface area is 174 Å². The molecule has 0 aliphatic heterocycles. The van der Waals surface area contributed by atoms with Crippen LogP contribution >= 0.6 is 35.3 Å². The molecule has 2 N–H and O–H groups in total. The predicted octanol–water partition coefficient (Wildman–Crippen LogP) is 4.54. The Balaban J connectivity index is 0.00000338. The summed E-state index contributed by atoms with van der Waals surface area (Å²) in [6.45, 7) is 5.42. The first-order valence-electron chi connectivity index (χ1n) is 8.97. The third-order valence-electron chi connectivity index (χ3n) is 4.42. The minimum absolute atomic E-state index is 0. The van der Waals surface area contributed by atoms with Gasteiger partial charge in [-0.1, -0.05) is 6.92 Å². The van der Waals surface area contributed by atoms with Gasteiger partial charge < -0.3 is 10.6 Å². The molecule has 150 valence electrons. The fourth-order valence-electron chi connectivity index (χ4n) is 2.97. The summed E-state index contributed by atoms with van der Waals surface area (Å²) in [7, 11) is 0. The van der Waals surface area contributed by atoms with Gasteiger partial charge in [-0.3, -0.25) is 4.99 Å². The molecule has 1 saturated carbocycles. The summed E-state index contributed by atoms with van der Waals surface area (Å²) in [5.41, 5.74) is 0. The zero-order chi connectivity index (χ0) is 18.3. The Morgan fingerprint density at radius 2 is 1.96 bits per heavy atom. The van der Waals surface area contributed by atoms with Gasteiger partial charge in [-0.15, -0.1) is 35.3 Å². The Kier molecular flexibility index (Phi) is 10.2. The van der Waals surface area contributed by atoms with Gasteiger partial charge in [0, 0.05) is 36.6 Å². The maximum Gasteiger partial charge on any atom is 0.391 e. The molecule has 1 aliphatic rings. The van der Waals surface area contributed by atoms with Crippen LogP contribution < -0.4 is 10.6 Å². The number of guanidine groups is 1. The second kappa shape index (κ2) is 11.3. The lowest BCUT2D eigenvalue weighted by Gasteiger charge is -2.31. The van der Waals surface area contributed by atoms with Crippen LogP contribution in [0.4, 0.5) is 13.2 Å². The fraction of sp³-hybridized carbons (Fsp3) is 0.765. The molecule has 1 aromatic rings. The first-order chi connectivity index (χ1) is 11.9. The van der Waals surface area contributed by atoms with Crippen molar-refractivity contribution >= 4 is 41.3 Å². The van der Waals surface area contributed by atoms with Crippen LogP contribution in [0.2, 0.25) is 0 Å². The number of nitrogens with one attached hydrogen (secondary N) is 2. The van der Waals surface area contributed by atoms with Crippen molar-refractivity contribution in [1.29, 1.82) is 0 Å². The summed E-state index contributed by atoms with van der Waals surface area (Å²) in [4.78, 5) is 10.2. The summed E-state index contributed by atoms with van der Waals surface area (Å²) in [6, 6.07) is 0.0583. The van der Waals surface area contributed by atoms with Crippen LogP contribution in [-0.2, 0) is 12.8 Å². The molecule has 1 fully saturated rings. The number of alkyl halides is 3. The Morgan fingerprint density at radius 3 is 2.50 bits per heavy atom. The van der Waals surface area contributed by atoms with Gasteiger partial charge in [0.05, 0.1) is 10.9 Å². The lowest BCUT2D eigenvalue weighted by atomic mass is 9.85. The van der Waals surface area contributed by atoms with E-state index in [4.69, 9.17) is 0 Å². The number of nitrogens with zero attached hydrogens (tertiary/aromatic N) is 2. The van der Waals surface area contributed by atoms with E-state index in [2.05, 4.69) is 27.5 Å². The van der Waals surface area contributed by atoms with Gasteiger partial charge in [0.25, 0.3) is 0 Å². The minimum Gasteiger partial charge on any atom is -0.357 e. The number of aryl methyl sites for hydroxylation is 1. The molecule has 0 saturated heterocycles. The predicted molar refractivity (Wildman–Crippen MR) is 112 cm³/mol. The number of aromatic nitrogens is 1. The zero-order valence-electron chi connectivity index (χ0n) is 15.2. The van der Waals surface area contributed by atoms with Gasteiger partial charge in [0.15, 0.2) is 5.96 Å². The van der Waals surface area contributed by atoms with Crippen molar-refractivity contribution in [3.63, 3.8) is 0 Å². The average molecular weight is 504 g/mol. The number of hydrogen-bond donors (Lipinski definition) is 2. The normalized spacial score (nSPS) is 21.2. The van der Waals surface area contributed by atoms with E-state index in [0.717, 1.165) is 24.4 Å². The van der Waals surface area contributed by atoms with E-state index in [1.807, 2.05) is 13.1 Å². The molecule has 26 heavy (non-hydrogen) atoms. The molecule has 0 aromatic carbocycles. The molecule has 0 spiro atoms. The lowest BCUT2D eigenvalue weighted by Crippen LogP contribution is -2.45. The van der Waals surface area contributed by atoms with Crippen LogP contribution in [0.1, 0.15) is 49.4 Å². The van der Waals surface area contributed by atoms with Gasteiger partial charge in [-0.05, 0) is 39.0 Å². The third kappa shape index (κ3) is 7.58. The number of halogens is 4. The van der Waals surface area contributed by atoms with Crippen LogP contribution in [0.25, 0.3) is 0 Å². The molecule has 1 heterocycles. The van der Waals surface area contributed by atoms with E-state index >= 15 is 0 Å². The van der Waals surface area contributed by atoms with Gasteiger partial charge in [-0.25, -0.2) is 4.98 Å². The van der Waals surface area contributed by atoms with Crippen molar-refractivity contribution in [3.05, 3.63) is 16.1 Å². The van der Waals surface area contributed by atoms with Crippen molar-refractivity contribution in [1.82, 2.24) is 15.6 Å². The lowest BCUT2D eigenvalue weighted by molar-refractivity contribution is -0.182. The third-order valence-corrected chi connectivity index (χ3v) is 5.62. The summed E-state index contributed by atoms with van der Waals surface area (Å²) in [5.74, 6) is -0.465. The number of rotatable bonds is 6. The van der Waals surface area contributed by atoms with E-state index < -0.39 is 12.1 Å². The largest absolute Gasteiger partial charge is 0.391 e. The average Bonchev–Trinajstić information content (AvgIpc) is 3.03. The molecule has 1 aliphatic carbocycles. The second-order valence-corrected chi connectivity index (χ2v) is 7.52. The summed E-state index contributed by atoms with van der Waals surface area (Å²) in [6.07, 6.45) is 1.06. The quantitative estimate of drug-likeness (QED) is 0.340. The van der Waals surface area contributed by atoms with Crippen LogP contribution in [-0.4, -0.2) is 36.3 Å². The monoisotopic (exact) mass is 504 g/mol. The van der Waals surface area contributed by atoms with Gasteiger partial charge in [-0.2, -0.15) is 13.2 Å². The topological polar surface area (TPSA) is 49.3 Å². The first kappa shape index (κ1) is 23.5. The van der Waals surface area contributed by atoms with Crippen molar-refractivity contribution < 1.29 is 13.2 Å². The van der Waals surface area contributed by atoms with E-state index in [1.165, 1.54) is 4.88 Å². The number of aliphatic imine (C=N–C) groups is 1. The first-order valence-corrected chi connectivity index (χ1v) is 9.79. The molecule has 2 rings (SSSR count). The van der Waals surface area contributed by atoms with Crippen LogP contribution in [0, 0.1) is 5.92 Å².